The van der Waals surface area contributed by atoms with E-state index in [2.05, 4.69) is 10.0 Å². The first-order valence-corrected chi connectivity index (χ1v) is 9.36. The summed E-state index contributed by atoms with van der Waals surface area (Å²) in [5.74, 6) is -0.0376. The number of amides is 1. The van der Waals surface area contributed by atoms with Crippen LogP contribution in [0.15, 0.2) is 47.4 Å². The molecule has 1 heterocycles. The predicted octanol–water partition coefficient (Wildman–Crippen LogP) is 2.92. The summed E-state index contributed by atoms with van der Waals surface area (Å²) < 4.78 is 28.1. The Morgan fingerprint density at radius 2 is 1.88 bits per heavy atom. The fourth-order valence-electron chi connectivity index (χ4n) is 2.96. The molecule has 0 bridgehead atoms. The van der Waals surface area contributed by atoms with Gasteiger partial charge in [0.05, 0.1) is 4.90 Å². The molecule has 1 unspecified atom stereocenters. The van der Waals surface area contributed by atoms with Crippen LogP contribution in [0.2, 0.25) is 0 Å². The van der Waals surface area contributed by atoms with Crippen LogP contribution < -0.4 is 10.0 Å². The van der Waals surface area contributed by atoms with Gasteiger partial charge in [0, 0.05) is 18.2 Å². The Morgan fingerprint density at radius 1 is 1.12 bits per heavy atom. The van der Waals surface area contributed by atoms with E-state index in [1.54, 1.807) is 12.1 Å². The third-order valence-electron chi connectivity index (χ3n) is 4.27. The second-order valence-electron chi connectivity index (χ2n) is 6.07. The molecule has 0 aromatic heterocycles. The number of aryl methyl sites for hydroxylation is 2. The van der Waals surface area contributed by atoms with E-state index in [1.165, 1.54) is 6.07 Å². The monoisotopic (exact) mass is 344 g/mol. The third kappa shape index (κ3) is 3.34. The molecule has 6 heteroatoms. The Hall–Kier alpha value is -2.18. The molecule has 2 aromatic rings. The fourth-order valence-corrected chi connectivity index (χ4v) is 4.24. The van der Waals surface area contributed by atoms with E-state index >= 15 is 0 Å². The number of carbonyl (C=O) groups excluding carboxylic acids is 1. The summed E-state index contributed by atoms with van der Waals surface area (Å²) >= 11 is 0. The van der Waals surface area contributed by atoms with Crippen LogP contribution in [-0.2, 0) is 21.2 Å². The Labute approximate surface area is 142 Å². The number of hydrogen-bond donors (Lipinski definition) is 2. The molecule has 2 aromatic carbocycles. The molecule has 0 saturated carbocycles. The van der Waals surface area contributed by atoms with Crippen molar-refractivity contribution in [2.24, 2.45) is 0 Å². The van der Waals surface area contributed by atoms with Gasteiger partial charge in [-0.3, -0.25) is 4.79 Å². The fraction of sp³-hybridized carbons (Fsp3) is 0.278. The molecule has 1 aliphatic heterocycles. The number of rotatable bonds is 4. The molecule has 0 aliphatic carbocycles. The topological polar surface area (TPSA) is 75.3 Å². The van der Waals surface area contributed by atoms with Crippen LogP contribution in [0.25, 0.3) is 0 Å². The molecule has 0 spiro atoms. The van der Waals surface area contributed by atoms with E-state index in [4.69, 9.17) is 0 Å². The molecule has 3 rings (SSSR count). The molecule has 0 saturated heterocycles. The number of carbonyl (C=O) groups is 1. The zero-order valence-electron chi connectivity index (χ0n) is 13.7. The van der Waals surface area contributed by atoms with Crippen molar-refractivity contribution in [3.63, 3.8) is 0 Å². The van der Waals surface area contributed by atoms with Crippen LogP contribution >= 0.6 is 0 Å². The van der Waals surface area contributed by atoms with Crippen molar-refractivity contribution in [3.8, 4) is 0 Å². The molecule has 24 heavy (non-hydrogen) atoms. The molecule has 1 amide bonds. The van der Waals surface area contributed by atoms with E-state index in [0.717, 1.165) is 16.7 Å². The van der Waals surface area contributed by atoms with Crippen LogP contribution in [0, 0.1) is 6.92 Å². The second kappa shape index (κ2) is 6.37. The first-order valence-electron chi connectivity index (χ1n) is 7.87. The van der Waals surface area contributed by atoms with Gasteiger partial charge in [-0.15, -0.1) is 0 Å². The molecular weight excluding hydrogens is 324 g/mol. The molecule has 2 N–H and O–H groups in total. The highest BCUT2D eigenvalue weighted by atomic mass is 32.2. The van der Waals surface area contributed by atoms with Crippen molar-refractivity contribution in [3.05, 3.63) is 59.2 Å². The quantitative estimate of drug-likeness (QED) is 0.895. The van der Waals surface area contributed by atoms with Gasteiger partial charge in [-0.25, -0.2) is 13.1 Å². The van der Waals surface area contributed by atoms with E-state index in [9.17, 15) is 13.2 Å². The maximum absolute atomic E-state index is 12.7. The first-order chi connectivity index (χ1) is 11.4. The number of nitrogens with one attached hydrogen (secondary N) is 2. The first kappa shape index (κ1) is 16.7. The van der Waals surface area contributed by atoms with E-state index in [1.807, 2.05) is 38.1 Å². The van der Waals surface area contributed by atoms with Gasteiger partial charge in [-0.1, -0.05) is 24.3 Å². The smallest absolute Gasteiger partial charge is 0.241 e. The number of fused-ring (bicyclic) bond motifs is 1. The van der Waals surface area contributed by atoms with Crippen molar-refractivity contribution in [2.45, 2.75) is 37.6 Å². The highest BCUT2D eigenvalue weighted by molar-refractivity contribution is 7.89. The van der Waals surface area contributed by atoms with Crippen molar-refractivity contribution >= 4 is 21.6 Å². The van der Waals surface area contributed by atoms with Crippen LogP contribution in [0.4, 0.5) is 5.69 Å². The average molecular weight is 344 g/mol. The zero-order chi connectivity index (χ0) is 17.3. The van der Waals surface area contributed by atoms with Gasteiger partial charge < -0.3 is 5.32 Å². The summed E-state index contributed by atoms with van der Waals surface area (Å²) in [5, 5.41) is 2.76. The summed E-state index contributed by atoms with van der Waals surface area (Å²) in [6, 6.07) is 12.2. The lowest BCUT2D eigenvalue weighted by molar-refractivity contribution is -0.116. The van der Waals surface area contributed by atoms with Gasteiger partial charge in [-0.2, -0.15) is 0 Å². The van der Waals surface area contributed by atoms with E-state index < -0.39 is 10.0 Å². The normalized spacial score (nSPS) is 15.5. The Kier molecular flexibility index (Phi) is 4.43. The summed E-state index contributed by atoms with van der Waals surface area (Å²) in [6.45, 7) is 3.79. The van der Waals surface area contributed by atoms with Crippen molar-refractivity contribution in [1.29, 1.82) is 0 Å². The molecular formula is C18H20N2O3S. The standard InChI is InChI=1S/C18H20N2O3S/c1-12-5-3-4-6-16(12)13(2)20-24(22,23)15-8-9-17-14(11-15)7-10-18(21)19-17/h3-6,8-9,11,13,20H,7,10H2,1-2H3,(H,19,21). The molecule has 0 fully saturated rings. The number of anilines is 1. The minimum absolute atomic E-state index is 0.0376. The average Bonchev–Trinajstić information content (AvgIpc) is 2.54. The predicted molar refractivity (Wildman–Crippen MR) is 93.3 cm³/mol. The Morgan fingerprint density at radius 3 is 2.62 bits per heavy atom. The number of sulfonamides is 1. The van der Waals surface area contributed by atoms with Gasteiger partial charge in [0.15, 0.2) is 0 Å². The summed E-state index contributed by atoms with van der Waals surface area (Å²) in [7, 11) is -3.63. The molecule has 0 radical (unpaired) electrons. The van der Waals surface area contributed by atoms with Crippen molar-refractivity contribution in [2.75, 3.05) is 5.32 Å². The third-order valence-corrected chi connectivity index (χ3v) is 5.81. The summed E-state index contributed by atoms with van der Waals surface area (Å²) in [6.07, 6.45) is 0.932. The molecule has 1 aliphatic rings. The van der Waals surface area contributed by atoms with Crippen molar-refractivity contribution < 1.29 is 13.2 Å². The van der Waals surface area contributed by atoms with Crippen LogP contribution in [0.3, 0.4) is 0 Å². The highest BCUT2D eigenvalue weighted by Gasteiger charge is 2.22. The van der Waals surface area contributed by atoms with Gasteiger partial charge in [0.25, 0.3) is 0 Å². The minimum Gasteiger partial charge on any atom is -0.326 e. The Balaban J connectivity index is 1.86. The van der Waals surface area contributed by atoms with Gasteiger partial charge in [0.1, 0.15) is 0 Å². The maximum atomic E-state index is 12.7. The van der Waals surface area contributed by atoms with Gasteiger partial charge >= 0.3 is 0 Å². The SMILES string of the molecule is Cc1ccccc1C(C)NS(=O)(=O)c1ccc2c(c1)CCC(=O)N2. The second-order valence-corrected chi connectivity index (χ2v) is 7.78. The summed E-state index contributed by atoms with van der Waals surface area (Å²) in [5.41, 5.74) is 3.53. The van der Waals surface area contributed by atoms with Gasteiger partial charge in [0.2, 0.25) is 15.9 Å². The maximum Gasteiger partial charge on any atom is 0.241 e. The highest BCUT2D eigenvalue weighted by Crippen LogP contribution is 2.26. The van der Waals surface area contributed by atoms with E-state index in [-0.39, 0.29) is 16.8 Å². The molecule has 1 atom stereocenters. The lowest BCUT2D eigenvalue weighted by Crippen LogP contribution is -2.28. The van der Waals surface area contributed by atoms with Crippen LogP contribution in [0.5, 0.6) is 0 Å². The van der Waals surface area contributed by atoms with Crippen molar-refractivity contribution in [1.82, 2.24) is 4.72 Å². The zero-order valence-corrected chi connectivity index (χ0v) is 14.5. The van der Waals surface area contributed by atoms with Crippen LogP contribution in [0.1, 0.15) is 36.1 Å². The van der Waals surface area contributed by atoms with Crippen LogP contribution in [-0.4, -0.2) is 14.3 Å². The van der Waals surface area contributed by atoms with Gasteiger partial charge in [-0.05, 0) is 55.2 Å². The number of benzene rings is 2. The summed E-state index contributed by atoms with van der Waals surface area (Å²) in [4.78, 5) is 11.6. The largest absolute Gasteiger partial charge is 0.326 e. The minimum atomic E-state index is -3.63. The number of hydrogen-bond acceptors (Lipinski definition) is 3. The molecule has 126 valence electrons. The molecule has 5 nitrogen and oxygen atoms in total. The lowest BCUT2D eigenvalue weighted by Gasteiger charge is -2.19. The lowest BCUT2D eigenvalue weighted by atomic mass is 10.0. The Bertz CT molecular complexity index is 891. The van der Waals surface area contributed by atoms with E-state index in [0.29, 0.717) is 18.5 Å².